The van der Waals surface area contributed by atoms with Crippen LogP contribution in [0.25, 0.3) is 6.08 Å². The summed E-state index contributed by atoms with van der Waals surface area (Å²) in [5, 5.41) is 19.9. The predicted octanol–water partition coefficient (Wildman–Crippen LogP) is 4.73. The van der Waals surface area contributed by atoms with Crippen LogP contribution in [0.1, 0.15) is 24.5 Å². The number of thioether (sulfide) groups is 1. The van der Waals surface area contributed by atoms with Crippen molar-refractivity contribution in [3.05, 3.63) is 71.2 Å². The minimum atomic E-state index is -1.05. The Labute approximate surface area is 190 Å². The summed E-state index contributed by atoms with van der Waals surface area (Å²) in [6.07, 6.45) is 2.57. The number of carbonyl (C=O) groups excluding carboxylic acids is 1. The molecule has 1 saturated heterocycles. The van der Waals surface area contributed by atoms with E-state index in [1.807, 2.05) is 13.0 Å². The number of aryl methyl sites for hydroxylation is 1. The van der Waals surface area contributed by atoms with E-state index in [0.717, 1.165) is 5.56 Å². The second-order valence-electron chi connectivity index (χ2n) is 7.09. The third-order valence-electron chi connectivity index (χ3n) is 4.67. The Bertz CT molecular complexity index is 1110. The van der Waals surface area contributed by atoms with E-state index in [1.54, 1.807) is 55.5 Å². The standard InChI is InChI=1S/C24H24N2O5S/c1-4-12-26-22(28)21(32-24(26)25-17-11-10-15(3)13-18(17)27)14-16-8-6-7-9-20(16)31-19(5-2)23(29)30/h4,6-11,13-14,19,27H,1,5,12H2,2-3H3,(H,29,30)/b21-14-,25-24?. The van der Waals surface area contributed by atoms with Crippen molar-refractivity contribution in [2.75, 3.05) is 6.54 Å². The van der Waals surface area contributed by atoms with E-state index >= 15 is 0 Å². The Hall–Kier alpha value is -3.52. The first-order valence-electron chi connectivity index (χ1n) is 10.0. The summed E-state index contributed by atoms with van der Waals surface area (Å²) >= 11 is 1.17. The first-order valence-corrected chi connectivity index (χ1v) is 10.8. The van der Waals surface area contributed by atoms with Gasteiger partial charge in [-0.2, -0.15) is 0 Å². The number of benzene rings is 2. The Morgan fingerprint density at radius 3 is 2.72 bits per heavy atom. The summed E-state index contributed by atoms with van der Waals surface area (Å²) in [6.45, 7) is 7.55. The van der Waals surface area contributed by atoms with Gasteiger partial charge in [-0.15, -0.1) is 6.58 Å². The summed E-state index contributed by atoms with van der Waals surface area (Å²) < 4.78 is 5.67. The molecule has 2 aromatic carbocycles. The molecule has 1 atom stereocenters. The highest BCUT2D eigenvalue weighted by Crippen LogP contribution is 2.37. The second kappa shape index (κ2) is 10.2. The van der Waals surface area contributed by atoms with Gasteiger partial charge in [0.05, 0.1) is 4.91 Å². The molecule has 166 valence electrons. The number of amidine groups is 1. The van der Waals surface area contributed by atoms with Crippen LogP contribution in [-0.4, -0.2) is 44.8 Å². The average Bonchev–Trinajstić information content (AvgIpc) is 3.04. The van der Waals surface area contributed by atoms with Crippen LogP contribution in [0.3, 0.4) is 0 Å². The van der Waals surface area contributed by atoms with Gasteiger partial charge in [0.1, 0.15) is 17.2 Å². The fourth-order valence-corrected chi connectivity index (χ4v) is 4.01. The van der Waals surface area contributed by atoms with Gasteiger partial charge >= 0.3 is 5.97 Å². The molecule has 1 aliphatic rings. The van der Waals surface area contributed by atoms with E-state index < -0.39 is 12.1 Å². The molecule has 1 aliphatic heterocycles. The van der Waals surface area contributed by atoms with Crippen molar-refractivity contribution in [2.45, 2.75) is 26.4 Å². The maximum Gasteiger partial charge on any atom is 0.344 e. The lowest BCUT2D eigenvalue weighted by Gasteiger charge is -2.15. The molecule has 0 aliphatic carbocycles. The largest absolute Gasteiger partial charge is 0.506 e. The minimum Gasteiger partial charge on any atom is -0.506 e. The van der Waals surface area contributed by atoms with Crippen LogP contribution in [-0.2, 0) is 9.59 Å². The van der Waals surface area contributed by atoms with E-state index in [0.29, 0.717) is 33.5 Å². The monoisotopic (exact) mass is 452 g/mol. The van der Waals surface area contributed by atoms with Crippen LogP contribution in [0, 0.1) is 6.92 Å². The quantitative estimate of drug-likeness (QED) is 0.444. The number of rotatable bonds is 8. The van der Waals surface area contributed by atoms with Crippen LogP contribution in [0.2, 0.25) is 0 Å². The molecule has 0 aromatic heterocycles. The van der Waals surface area contributed by atoms with Crippen molar-refractivity contribution < 1.29 is 24.5 Å². The smallest absolute Gasteiger partial charge is 0.344 e. The van der Waals surface area contributed by atoms with E-state index in [4.69, 9.17) is 4.74 Å². The average molecular weight is 453 g/mol. The fraction of sp³-hybridized carbons (Fsp3) is 0.208. The molecule has 1 heterocycles. The summed E-state index contributed by atoms with van der Waals surface area (Å²) in [4.78, 5) is 30.8. The van der Waals surface area contributed by atoms with Crippen LogP contribution in [0.15, 0.2) is 65.0 Å². The number of ether oxygens (including phenoxy) is 1. The van der Waals surface area contributed by atoms with Gasteiger partial charge in [-0.1, -0.05) is 37.3 Å². The molecule has 0 saturated carbocycles. The van der Waals surface area contributed by atoms with Crippen molar-refractivity contribution in [3.8, 4) is 11.5 Å². The lowest BCUT2D eigenvalue weighted by Crippen LogP contribution is -2.29. The number of phenols is 1. The van der Waals surface area contributed by atoms with Crippen molar-refractivity contribution in [1.82, 2.24) is 4.90 Å². The number of nitrogens with zero attached hydrogens (tertiary/aromatic N) is 2. The molecular formula is C24H24N2O5S. The molecule has 8 heteroatoms. The van der Waals surface area contributed by atoms with Crippen molar-refractivity contribution in [3.63, 3.8) is 0 Å². The SMILES string of the molecule is C=CCN1C(=O)/C(=C/c2ccccc2OC(CC)C(=O)O)SC1=Nc1ccc(C)cc1O. The number of phenolic OH excluding ortho intramolecular Hbond substituents is 1. The Morgan fingerprint density at radius 1 is 1.31 bits per heavy atom. The molecule has 1 fully saturated rings. The summed E-state index contributed by atoms with van der Waals surface area (Å²) in [5.41, 5.74) is 1.84. The Kier molecular flexibility index (Phi) is 7.37. The topological polar surface area (TPSA) is 99.4 Å². The number of aromatic hydroxyl groups is 1. The lowest BCUT2D eigenvalue weighted by molar-refractivity contribution is -0.145. The van der Waals surface area contributed by atoms with Crippen molar-refractivity contribution in [1.29, 1.82) is 0 Å². The number of amides is 1. The van der Waals surface area contributed by atoms with Crippen molar-refractivity contribution in [2.24, 2.45) is 4.99 Å². The Balaban J connectivity index is 1.97. The van der Waals surface area contributed by atoms with Crippen LogP contribution in [0.5, 0.6) is 11.5 Å². The van der Waals surface area contributed by atoms with Gasteiger partial charge in [0.2, 0.25) is 0 Å². The summed E-state index contributed by atoms with van der Waals surface area (Å²) in [7, 11) is 0. The van der Waals surface area contributed by atoms with Gasteiger partial charge in [-0.25, -0.2) is 9.79 Å². The minimum absolute atomic E-state index is 0.0274. The van der Waals surface area contributed by atoms with Crippen LogP contribution >= 0.6 is 11.8 Å². The second-order valence-corrected chi connectivity index (χ2v) is 8.10. The summed E-state index contributed by atoms with van der Waals surface area (Å²) in [5.74, 6) is -0.912. The zero-order valence-corrected chi connectivity index (χ0v) is 18.6. The predicted molar refractivity (Wildman–Crippen MR) is 126 cm³/mol. The first kappa shape index (κ1) is 23.1. The highest BCUT2D eigenvalue weighted by Gasteiger charge is 2.33. The fourth-order valence-electron chi connectivity index (χ4n) is 3.02. The number of carboxylic acid groups (broad SMARTS) is 1. The number of carboxylic acids is 1. The van der Waals surface area contributed by atoms with E-state index in [1.165, 1.54) is 16.7 Å². The number of aliphatic carboxylic acids is 1. The molecular weight excluding hydrogens is 428 g/mol. The van der Waals surface area contributed by atoms with Gasteiger partial charge in [0.25, 0.3) is 5.91 Å². The molecule has 7 nitrogen and oxygen atoms in total. The molecule has 3 rings (SSSR count). The third-order valence-corrected chi connectivity index (χ3v) is 5.67. The van der Waals surface area contributed by atoms with E-state index in [9.17, 15) is 19.8 Å². The zero-order chi connectivity index (χ0) is 23.3. The number of hydrogen-bond acceptors (Lipinski definition) is 6. The molecule has 1 amide bonds. The number of aliphatic imine (C=N–C) groups is 1. The molecule has 0 bridgehead atoms. The molecule has 1 unspecified atom stereocenters. The molecule has 32 heavy (non-hydrogen) atoms. The van der Waals surface area contributed by atoms with E-state index in [2.05, 4.69) is 11.6 Å². The molecule has 2 N–H and O–H groups in total. The number of para-hydroxylation sites is 1. The van der Waals surface area contributed by atoms with Gasteiger partial charge in [0, 0.05) is 12.1 Å². The number of carbonyl (C=O) groups is 2. The van der Waals surface area contributed by atoms with Crippen LogP contribution < -0.4 is 4.74 Å². The van der Waals surface area contributed by atoms with Crippen molar-refractivity contribution >= 4 is 40.6 Å². The highest BCUT2D eigenvalue weighted by molar-refractivity contribution is 8.18. The molecule has 0 radical (unpaired) electrons. The van der Waals surface area contributed by atoms with E-state index in [-0.39, 0.29) is 18.2 Å². The summed E-state index contributed by atoms with van der Waals surface area (Å²) in [6, 6.07) is 12.1. The van der Waals surface area contributed by atoms with Gasteiger partial charge < -0.3 is 14.9 Å². The maximum absolute atomic E-state index is 13.0. The lowest BCUT2D eigenvalue weighted by atomic mass is 10.1. The highest BCUT2D eigenvalue weighted by atomic mass is 32.2. The van der Waals surface area contributed by atoms with Gasteiger partial charge in [-0.05, 0) is 54.9 Å². The molecule has 0 spiro atoms. The zero-order valence-electron chi connectivity index (χ0n) is 17.8. The Morgan fingerprint density at radius 2 is 2.06 bits per heavy atom. The van der Waals surface area contributed by atoms with Gasteiger partial charge in [-0.3, -0.25) is 9.69 Å². The third kappa shape index (κ3) is 5.20. The number of hydrogen-bond donors (Lipinski definition) is 2. The normalized spacial score (nSPS) is 17.1. The first-order chi connectivity index (χ1) is 15.3. The maximum atomic E-state index is 13.0. The van der Waals surface area contributed by atoms with Crippen LogP contribution in [0.4, 0.5) is 5.69 Å². The molecule has 2 aromatic rings. The van der Waals surface area contributed by atoms with Gasteiger partial charge in [0.15, 0.2) is 11.3 Å².